The number of carbonyl (C=O) groups is 1. The Morgan fingerprint density at radius 1 is 1.54 bits per heavy atom. The summed E-state index contributed by atoms with van der Waals surface area (Å²) in [6.45, 7) is 0.599. The van der Waals surface area contributed by atoms with E-state index >= 15 is 0 Å². The number of carboxylic acid groups (broad SMARTS) is 1. The van der Waals surface area contributed by atoms with E-state index in [1.54, 1.807) is 0 Å². The highest BCUT2D eigenvalue weighted by atomic mass is 17.0. The van der Waals surface area contributed by atoms with E-state index in [0.717, 1.165) is 0 Å². The molecule has 1 amide bonds. The van der Waals surface area contributed by atoms with E-state index in [-0.39, 0.29) is 0 Å². The molecule has 0 spiro atoms. The van der Waals surface area contributed by atoms with Crippen LogP contribution in [0.4, 0.5) is 4.79 Å². The summed E-state index contributed by atoms with van der Waals surface area (Å²) in [6.07, 6.45) is -0.675. The van der Waals surface area contributed by atoms with Crippen molar-refractivity contribution in [2.45, 2.75) is 18.9 Å². The Hall–Kier alpha value is -1.53. The van der Waals surface area contributed by atoms with E-state index in [9.17, 15) is 14.9 Å². The second-order valence-corrected chi connectivity index (χ2v) is 2.80. The molecule has 1 aliphatic heterocycles. The Kier molecular flexibility index (Phi) is 2.88. The van der Waals surface area contributed by atoms with Crippen molar-refractivity contribution in [1.82, 2.24) is 4.90 Å². The average molecular weight is 190 g/mol. The third-order valence-corrected chi connectivity index (χ3v) is 1.95. The summed E-state index contributed by atoms with van der Waals surface area (Å²) in [5.74, 6) is 0. The molecule has 1 N–H and O–H groups in total. The van der Waals surface area contributed by atoms with Crippen molar-refractivity contribution in [1.29, 1.82) is 0 Å². The van der Waals surface area contributed by atoms with Crippen molar-refractivity contribution < 1.29 is 19.8 Å². The summed E-state index contributed by atoms with van der Waals surface area (Å²) >= 11 is 0. The number of amides is 1. The molecule has 0 aromatic rings. The molecule has 0 aromatic heterocycles. The number of hydrogen-bond donors (Lipinski definition) is 1. The fourth-order valence-electron chi connectivity index (χ4n) is 1.27. The molecule has 1 fully saturated rings. The normalized spacial score (nSPS) is 18.3. The van der Waals surface area contributed by atoms with E-state index in [1.807, 2.05) is 0 Å². The maximum Gasteiger partial charge on any atom is 0.407 e. The van der Waals surface area contributed by atoms with Gasteiger partial charge in [-0.25, -0.2) is 4.79 Å². The second kappa shape index (κ2) is 3.92. The summed E-state index contributed by atoms with van der Waals surface area (Å²) in [6, 6.07) is 0. The predicted molar refractivity (Wildman–Crippen MR) is 40.7 cm³/mol. The van der Waals surface area contributed by atoms with Crippen LogP contribution in [0, 0.1) is 10.1 Å². The highest BCUT2D eigenvalue weighted by Gasteiger charge is 2.24. The van der Waals surface area contributed by atoms with E-state index in [1.165, 1.54) is 4.90 Å². The van der Waals surface area contributed by atoms with Gasteiger partial charge in [0.1, 0.15) is 6.10 Å². The van der Waals surface area contributed by atoms with E-state index in [0.29, 0.717) is 25.9 Å². The number of hydrogen-bond acceptors (Lipinski definition) is 4. The smallest absolute Gasteiger partial charge is 0.407 e. The topological polar surface area (TPSA) is 92.9 Å². The Bertz CT molecular complexity index is 211. The number of piperidine rings is 1. The van der Waals surface area contributed by atoms with Gasteiger partial charge in [-0.15, -0.1) is 10.1 Å². The van der Waals surface area contributed by atoms with Gasteiger partial charge in [0, 0.05) is 13.1 Å². The molecule has 0 atom stereocenters. The minimum absolute atomic E-state index is 0.299. The van der Waals surface area contributed by atoms with Gasteiger partial charge in [0.05, 0.1) is 0 Å². The van der Waals surface area contributed by atoms with Crippen molar-refractivity contribution in [2.75, 3.05) is 13.1 Å². The lowest BCUT2D eigenvalue weighted by atomic mass is 10.1. The molecular weight excluding hydrogens is 180 g/mol. The van der Waals surface area contributed by atoms with Gasteiger partial charge >= 0.3 is 6.09 Å². The summed E-state index contributed by atoms with van der Waals surface area (Å²) in [4.78, 5) is 25.9. The van der Waals surface area contributed by atoms with Gasteiger partial charge in [0.2, 0.25) is 0 Å². The predicted octanol–water partition coefficient (Wildman–Crippen LogP) is 0.337. The summed E-state index contributed by atoms with van der Waals surface area (Å²) in [5.41, 5.74) is 0. The standard InChI is InChI=1S/C6H10N2O5/c9-6(10)7-3-1-5(2-4-7)13-8(11)12/h5H,1-4H2,(H,9,10). The summed E-state index contributed by atoms with van der Waals surface area (Å²) in [7, 11) is 0. The van der Waals surface area contributed by atoms with Crippen molar-refractivity contribution in [3.63, 3.8) is 0 Å². The molecule has 1 rings (SSSR count). The molecular formula is C6H10N2O5. The van der Waals surface area contributed by atoms with Gasteiger partial charge in [-0.05, 0) is 12.8 Å². The molecule has 0 aliphatic carbocycles. The molecule has 7 nitrogen and oxygen atoms in total. The minimum Gasteiger partial charge on any atom is -0.465 e. The van der Waals surface area contributed by atoms with Crippen LogP contribution in [0.25, 0.3) is 0 Å². The van der Waals surface area contributed by atoms with Crippen LogP contribution in [0.5, 0.6) is 0 Å². The molecule has 0 unspecified atom stereocenters. The lowest BCUT2D eigenvalue weighted by Crippen LogP contribution is -2.40. The van der Waals surface area contributed by atoms with Crippen molar-refractivity contribution in [3.05, 3.63) is 10.1 Å². The highest BCUT2D eigenvalue weighted by Crippen LogP contribution is 2.13. The van der Waals surface area contributed by atoms with Crippen LogP contribution in [0.1, 0.15) is 12.8 Å². The van der Waals surface area contributed by atoms with E-state index < -0.39 is 17.3 Å². The molecule has 0 radical (unpaired) electrons. The third-order valence-electron chi connectivity index (χ3n) is 1.95. The maximum atomic E-state index is 10.4. The quantitative estimate of drug-likeness (QED) is 0.500. The molecule has 13 heavy (non-hydrogen) atoms. The first-order valence-electron chi connectivity index (χ1n) is 3.88. The maximum absolute atomic E-state index is 10.4. The monoisotopic (exact) mass is 190 g/mol. The van der Waals surface area contributed by atoms with Gasteiger partial charge in [0.25, 0.3) is 5.09 Å². The first-order chi connectivity index (χ1) is 6.09. The van der Waals surface area contributed by atoms with E-state index in [2.05, 4.69) is 4.84 Å². The Balaban J connectivity index is 2.30. The first-order valence-corrected chi connectivity index (χ1v) is 3.88. The van der Waals surface area contributed by atoms with Crippen LogP contribution in [0.3, 0.4) is 0 Å². The molecule has 7 heteroatoms. The highest BCUT2D eigenvalue weighted by molar-refractivity contribution is 5.64. The number of nitrogens with zero attached hydrogens (tertiary/aromatic N) is 2. The fraction of sp³-hybridized carbons (Fsp3) is 0.833. The zero-order valence-corrected chi connectivity index (χ0v) is 6.88. The SMILES string of the molecule is O=C(O)N1CCC(O[N+](=O)[O-])CC1. The Morgan fingerprint density at radius 3 is 2.46 bits per heavy atom. The molecule has 74 valence electrons. The third kappa shape index (κ3) is 2.77. The molecule has 0 bridgehead atoms. The zero-order chi connectivity index (χ0) is 9.84. The molecule has 0 saturated carbocycles. The summed E-state index contributed by atoms with van der Waals surface area (Å²) in [5, 5.41) is 17.7. The van der Waals surface area contributed by atoms with Crippen molar-refractivity contribution in [2.24, 2.45) is 0 Å². The fourth-order valence-corrected chi connectivity index (χ4v) is 1.27. The van der Waals surface area contributed by atoms with Gasteiger partial charge in [-0.2, -0.15) is 0 Å². The van der Waals surface area contributed by atoms with Crippen LogP contribution in [0.2, 0.25) is 0 Å². The lowest BCUT2D eigenvalue weighted by Gasteiger charge is -2.28. The van der Waals surface area contributed by atoms with Crippen LogP contribution in [-0.2, 0) is 4.84 Å². The lowest BCUT2D eigenvalue weighted by molar-refractivity contribution is -0.769. The van der Waals surface area contributed by atoms with Gasteiger partial charge in [-0.1, -0.05) is 0 Å². The first kappa shape index (κ1) is 9.56. The van der Waals surface area contributed by atoms with Crippen LogP contribution in [-0.4, -0.2) is 40.4 Å². The zero-order valence-electron chi connectivity index (χ0n) is 6.88. The van der Waals surface area contributed by atoms with Crippen LogP contribution < -0.4 is 0 Å². The largest absolute Gasteiger partial charge is 0.465 e. The van der Waals surface area contributed by atoms with Crippen LogP contribution >= 0.6 is 0 Å². The van der Waals surface area contributed by atoms with E-state index in [4.69, 9.17) is 5.11 Å². The van der Waals surface area contributed by atoms with Crippen LogP contribution in [0.15, 0.2) is 0 Å². The molecule has 1 saturated heterocycles. The number of likely N-dealkylation sites (tertiary alicyclic amines) is 1. The molecule has 0 aromatic carbocycles. The summed E-state index contributed by atoms with van der Waals surface area (Å²) < 4.78 is 0. The van der Waals surface area contributed by atoms with Gasteiger partial charge < -0.3 is 14.8 Å². The Labute approximate surface area is 74.0 Å². The average Bonchev–Trinajstić information content (AvgIpc) is 2.04. The van der Waals surface area contributed by atoms with Gasteiger partial charge in [-0.3, -0.25) is 0 Å². The minimum atomic E-state index is -0.987. The van der Waals surface area contributed by atoms with Crippen molar-refractivity contribution >= 4 is 6.09 Å². The second-order valence-electron chi connectivity index (χ2n) is 2.80. The molecule has 1 aliphatic rings. The number of rotatable bonds is 2. The molecule has 1 heterocycles. The Morgan fingerprint density at radius 2 is 2.08 bits per heavy atom. The van der Waals surface area contributed by atoms with Gasteiger partial charge in [0.15, 0.2) is 0 Å². The van der Waals surface area contributed by atoms with Crippen molar-refractivity contribution in [3.8, 4) is 0 Å².